The third-order valence-corrected chi connectivity index (χ3v) is 4.17. The second-order valence-corrected chi connectivity index (χ2v) is 5.83. The second kappa shape index (κ2) is 10.5. The summed E-state index contributed by atoms with van der Waals surface area (Å²) in [5, 5.41) is 8.88. The van der Waals surface area contributed by atoms with E-state index in [-0.39, 0.29) is 6.04 Å². The van der Waals surface area contributed by atoms with E-state index in [0.717, 1.165) is 29.8 Å². The van der Waals surface area contributed by atoms with Crippen LogP contribution in [-0.4, -0.2) is 15.0 Å². The summed E-state index contributed by atoms with van der Waals surface area (Å²) in [6.07, 6.45) is 5.77. The highest BCUT2D eigenvalue weighted by molar-refractivity contribution is 5.86. The van der Waals surface area contributed by atoms with Gasteiger partial charge < -0.3 is 0 Å². The minimum Gasteiger partial charge on any atom is -0.242 e. The summed E-state index contributed by atoms with van der Waals surface area (Å²) in [6.45, 7) is 20.2. The van der Waals surface area contributed by atoms with Gasteiger partial charge in [-0.1, -0.05) is 82.5 Å². The van der Waals surface area contributed by atoms with E-state index in [1.54, 1.807) is 0 Å². The lowest BCUT2D eigenvalue weighted by Crippen LogP contribution is -2.09. The van der Waals surface area contributed by atoms with E-state index in [9.17, 15) is 0 Å². The van der Waals surface area contributed by atoms with Gasteiger partial charge in [0, 0.05) is 17.2 Å². The highest BCUT2D eigenvalue weighted by Crippen LogP contribution is 2.37. The van der Waals surface area contributed by atoms with Crippen LogP contribution in [0.15, 0.2) is 55.1 Å². The minimum absolute atomic E-state index is 0.240. The zero-order valence-electron chi connectivity index (χ0n) is 17.2. The number of hydrogen-bond donors (Lipinski definition) is 0. The van der Waals surface area contributed by atoms with Crippen LogP contribution in [0.3, 0.4) is 0 Å². The molecule has 3 heteroatoms. The Kier molecular flexibility index (Phi) is 8.77. The Balaban J connectivity index is 0.000000791. The molecule has 1 aliphatic rings. The van der Waals surface area contributed by atoms with Crippen LogP contribution in [0.25, 0.3) is 16.8 Å². The molecule has 1 aromatic heterocycles. The summed E-state index contributed by atoms with van der Waals surface area (Å²) in [7, 11) is 0. The molecule has 3 rings (SSSR count). The van der Waals surface area contributed by atoms with Crippen molar-refractivity contribution in [3.63, 3.8) is 0 Å². The van der Waals surface area contributed by atoms with Crippen molar-refractivity contribution in [2.75, 3.05) is 0 Å². The Morgan fingerprint density at radius 2 is 1.65 bits per heavy atom. The maximum Gasteiger partial charge on any atom is 0.121 e. The summed E-state index contributed by atoms with van der Waals surface area (Å²) in [4.78, 5) is 0. The van der Waals surface area contributed by atoms with Gasteiger partial charge in [0.2, 0.25) is 0 Å². The van der Waals surface area contributed by atoms with E-state index in [0.29, 0.717) is 0 Å². The highest BCUT2D eigenvalue weighted by Gasteiger charge is 2.24. The van der Waals surface area contributed by atoms with Crippen LogP contribution in [0.4, 0.5) is 0 Å². The van der Waals surface area contributed by atoms with Gasteiger partial charge >= 0.3 is 0 Å². The van der Waals surface area contributed by atoms with Gasteiger partial charge in [-0.3, -0.25) is 0 Å². The first-order valence-electron chi connectivity index (χ1n) is 9.69. The van der Waals surface area contributed by atoms with Gasteiger partial charge in [-0.05, 0) is 37.8 Å². The molecule has 1 aromatic carbocycles. The summed E-state index contributed by atoms with van der Waals surface area (Å²) in [5.74, 6) is 0. The molecule has 3 nitrogen and oxygen atoms in total. The van der Waals surface area contributed by atoms with Crippen molar-refractivity contribution in [3.8, 4) is 11.3 Å². The van der Waals surface area contributed by atoms with Crippen molar-refractivity contribution in [1.82, 2.24) is 15.0 Å². The summed E-state index contributed by atoms with van der Waals surface area (Å²) in [5.41, 5.74) is 6.77. The van der Waals surface area contributed by atoms with E-state index in [1.807, 2.05) is 44.5 Å². The molecule has 0 fully saturated rings. The van der Waals surface area contributed by atoms with Crippen molar-refractivity contribution < 1.29 is 0 Å². The number of rotatable bonds is 3. The second-order valence-electron chi connectivity index (χ2n) is 5.83. The van der Waals surface area contributed by atoms with E-state index in [1.165, 1.54) is 16.7 Å². The number of aromatic nitrogens is 3. The maximum atomic E-state index is 4.48. The normalized spacial score (nSPS) is 15.2. The van der Waals surface area contributed by atoms with Crippen LogP contribution in [-0.2, 0) is 6.42 Å². The Morgan fingerprint density at radius 1 is 1.00 bits per heavy atom. The molecule has 2 aromatic rings. The fraction of sp³-hybridized carbons (Fsp3) is 0.391. The standard InChI is InChI=1S/C19H21N3.2C2H6/c1-5-14-11-12-15-9-7-8-10-17(15)18-19(16(14)6-2)22(13(3)4)21-20-18;2*1-2/h5-10,13H,1-2,11-12H2,3-4H3;2*1-2H3/b16-14-;;. The lowest BCUT2D eigenvalue weighted by molar-refractivity contribution is 0.509. The molecule has 0 saturated heterocycles. The third kappa shape index (κ3) is 4.21. The number of fused-ring (bicyclic) bond motifs is 3. The Bertz CT molecular complexity index is 764. The number of allylic oxidation sites excluding steroid dienone is 4. The molecule has 0 aliphatic heterocycles. The van der Waals surface area contributed by atoms with E-state index < -0.39 is 0 Å². The first-order valence-corrected chi connectivity index (χ1v) is 9.69. The molecule has 0 N–H and O–H groups in total. The molecular formula is C23H33N3. The lowest BCUT2D eigenvalue weighted by Gasteiger charge is -2.19. The maximum absolute atomic E-state index is 4.48. The van der Waals surface area contributed by atoms with Crippen LogP contribution in [0.5, 0.6) is 0 Å². The van der Waals surface area contributed by atoms with Crippen LogP contribution in [0.1, 0.15) is 65.3 Å². The zero-order chi connectivity index (χ0) is 19.7. The molecule has 0 radical (unpaired) electrons. The average Bonchev–Trinajstić information content (AvgIpc) is 3.11. The average molecular weight is 352 g/mol. The first-order chi connectivity index (χ1) is 12.7. The molecule has 0 spiro atoms. The van der Waals surface area contributed by atoms with Gasteiger partial charge in [-0.15, -0.1) is 5.10 Å². The summed E-state index contributed by atoms with van der Waals surface area (Å²) >= 11 is 0. The van der Waals surface area contributed by atoms with Gasteiger partial charge in [0.1, 0.15) is 5.69 Å². The predicted octanol–water partition coefficient (Wildman–Crippen LogP) is 6.65. The molecule has 0 bridgehead atoms. The molecule has 1 aliphatic carbocycles. The molecule has 0 unspecified atom stereocenters. The van der Waals surface area contributed by atoms with E-state index >= 15 is 0 Å². The number of nitrogens with zero attached hydrogens (tertiary/aromatic N) is 3. The molecule has 0 amide bonds. The molecule has 1 heterocycles. The van der Waals surface area contributed by atoms with Crippen molar-refractivity contribution in [3.05, 3.63) is 66.4 Å². The first kappa shape index (κ1) is 21.6. The van der Waals surface area contributed by atoms with E-state index in [4.69, 9.17) is 0 Å². The van der Waals surface area contributed by atoms with Crippen molar-refractivity contribution in [1.29, 1.82) is 0 Å². The third-order valence-electron chi connectivity index (χ3n) is 4.17. The van der Waals surface area contributed by atoms with Crippen LogP contribution >= 0.6 is 0 Å². The monoisotopic (exact) mass is 351 g/mol. The van der Waals surface area contributed by atoms with Crippen LogP contribution < -0.4 is 0 Å². The van der Waals surface area contributed by atoms with Gasteiger partial charge in [-0.2, -0.15) is 0 Å². The van der Waals surface area contributed by atoms with E-state index in [2.05, 4.69) is 61.6 Å². The lowest BCUT2D eigenvalue weighted by atomic mass is 9.89. The topological polar surface area (TPSA) is 30.7 Å². The smallest absolute Gasteiger partial charge is 0.121 e. The Hall–Kier alpha value is -2.42. The summed E-state index contributed by atoms with van der Waals surface area (Å²) < 4.78 is 1.98. The Morgan fingerprint density at radius 3 is 2.23 bits per heavy atom. The van der Waals surface area contributed by atoms with Crippen molar-refractivity contribution in [2.45, 2.75) is 60.4 Å². The highest BCUT2D eigenvalue weighted by atomic mass is 15.4. The van der Waals surface area contributed by atoms with Gasteiger partial charge in [0.15, 0.2) is 0 Å². The largest absolute Gasteiger partial charge is 0.242 e. The minimum atomic E-state index is 0.240. The number of aryl methyl sites for hydroxylation is 1. The SMILES string of the molecule is C=C/C1=C(\C=C)c2c(nnn2C(C)C)-c2ccccc2CC1.CC.CC. The van der Waals surface area contributed by atoms with Crippen LogP contribution in [0.2, 0.25) is 0 Å². The fourth-order valence-electron chi connectivity index (χ4n) is 3.05. The Labute approximate surface area is 159 Å². The molecule has 0 atom stereocenters. The zero-order valence-corrected chi connectivity index (χ0v) is 17.2. The molecule has 0 saturated carbocycles. The number of hydrogen-bond acceptors (Lipinski definition) is 2. The molecular weight excluding hydrogens is 318 g/mol. The summed E-state index contributed by atoms with van der Waals surface area (Å²) in [6, 6.07) is 8.69. The van der Waals surface area contributed by atoms with Gasteiger partial charge in [0.05, 0.1) is 5.69 Å². The molecule has 140 valence electrons. The number of benzene rings is 1. The predicted molar refractivity (Wildman–Crippen MR) is 114 cm³/mol. The molecule has 26 heavy (non-hydrogen) atoms. The quantitative estimate of drug-likeness (QED) is 0.619. The van der Waals surface area contributed by atoms with Crippen LogP contribution in [0, 0.1) is 0 Å². The van der Waals surface area contributed by atoms with Crippen molar-refractivity contribution in [2.24, 2.45) is 0 Å². The van der Waals surface area contributed by atoms with Gasteiger partial charge in [-0.25, -0.2) is 4.68 Å². The van der Waals surface area contributed by atoms with Crippen molar-refractivity contribution >= 4 is 5.57 Å². The van der Waals surface area contributed by atoms with Gasteiger partial charge in [0.25, 0.3) is 0 Å². The fourth-order valence-corrected chi connectivity index (χ4v) is 3.05.